The number of nitrogens with one attached hydrogen (secondary N) is 1. The Morgan fingerprint density at radius 3 is 3.16 bits per heavy atom. The van der Waals surface area contributed by atoms with Crippen LogP contribution in [0.15, 0.2) is 6.07 Å². The molecule has 1 fully saturated rings. The summed E-state index contributed by atoms with van der Waals surface area (Å²) in [6, 6.07) is 1.54. The number of carbonyl (C=O) groups is 1. The smallest absolute Gasteiger partial charge is 0.271 e. The van der Waals surface area contributed by atoms with Crippen LogP contribution >= 0.6 is 0 Å². The van der Waals surface area contributed by atoms with Crippen LogP contribution in [0.25, 0.3) is 0 Å². The summed E-state index contributed by atoms with van der Waals surface area (Å²) < 4.78 is 33.6. The highest BCUT2D eigenvalue weighted by molar-refractivity contribution is 5.92. The van der Waals surface area contributed by atoms with E-state index in [1.165, 1.54) is 6.07 Å². The zero-order chi connectivity index (χ0) is 13.5. The monoisotopic (exact) mass is 271 g/mol. The van der Waals surface area contributed by atoms with E-state index < -0.39 is 17.7 Å². The van der Waals surface area contributed by atoms with Gasteiger partial charge in [0.05, 0.1) is 6.54 Å². The first kappa shape index (κ1) is 12.4. The Bertz CT molecular complexity index is 480. The SMILES string of the molecule is O=C(NCC1CCCC1(F)F)c1cc2n(n1)CCO2. The zero-order valence-corrected chi connectivity index (χ0v) is 10.4. The normalized spacial score (nSPS) is 24.0. The standard InChI is InChI=1S/C12H15F2N3O2/c13-12(14)3-1-2-8(12)7-15-11(18)9-6-10-17(16-9)4-5-19-10/h6,8H,1-5,7H2,(H,15,18). The van der Waals surface area contributed by atoms with Crippen molar-refractivity contribution in [3.05, 3.63) is 11.8 Å². The van der Waals surface area contributed by atoms with Gasteiger partial charge in [0.2, 0.25) is 5.88 Å². The number of aromatic nitrogens is 2. The molecule has 1 aromatic heterocycles. The van der Waals surface area contributed by atoms with Crippen LogP contribution in [0.4, 0.5) is 8.78 Å². The molecule has 0 radical (unpaired) electrons. The van der Waals surface area contributed by atoms with Crippen LogP contribution in [0.2, 0.25) is 0 Å². The summed E-state index contributed by atoms with van der Waals surface area (Å²) in [5, 5.41) is 6.60. The molecule has 0 saturated heterocycles. The van der Waals surface area contributed by atoms with Crippen LogP contribution in [0.1, 0.15) is 29.8 Å². The van der Waals surface area contributed by atoms with Gasteiger partial charge in [-0.1, -0.05) is 0 Å². The summed E-state index contributed by atoms with van der Waals surface area (Å²) in [5.74, 6) is -3.29. The number of nitrogens with zero attached hydrogens (tertiary/aromatic N) is 2. The van der Waals surface area contributed by atoms with Gasteiger partial charge in [-0.05, 0) is 12.8 Å². The fourth-order valence-corrected chi connectivity index (χ4v) is 2.58. The van der Waals surface area contributed by atoms with Crippen LogP contribution in [0.5, 0.6) is 5.88 Å². The van der Waals surface area contributed by atoms with E-state index in [0.717, 1.165) is 0 Å². The molecule has 1 aromatic rings. The number of carbonyl (C=O) groups excluding carboxylic acids is 1. The van der Waals surface area contributed by atoms with Gasteiger partial charge in [0.15, 0.2) is 5.69 Å². The lowest BCUT2D eigenvalue weighted by molar-refractivity contribution is -0.0352. The zero-order valence-electron chi connectivity index (χ0n) is 10.4. The summed E-state index contributed by atoms with van der Waals surface area (Å²) in [6.07, 6.45) is 0.885. The van der Waals surface area contributed by atoms with Gasteiger partial charge in [0.25, 0.3) is 11.8 Å². The maximum atomic E-state index is 13.4. The third-order valence-electron chi connectivity index (χ3n) is 3.70. The van der Waals surface area contributed by atoms with E-state index in [4.69, 9.17) is 4.74 Å². The first-order chi connectivity index (χ1) is 9.06. The summed E-state index contributed by atoms with van der Waals surface area (Å²) in [6.45, 7) is 1.16. The molecule has 1 unspecified atom stereocenters. The minimum Gasteiger partial charge on any atom is -0.476 e. The predicted molar refractivity (Wildman–Crippen MR) is 62.3 cm³/mol. The van der Waals surface area contributed by atoms with E-state index in [0.29, 0.717) is 31.9 Å². The molecule has 7 heteroatoms. The lowest BCUT2D eigenvalue weighted by atomic mass is 10.1. The molecule has 0 aromatic carbocycles. The molecule has 1 N–H and O–H groups in total. The van der Waals surface area contributed by atoms with E-state index in [1.54, 1.807) is 4.68 Å². The molecule has 19 heavy (non-hydrogen) atoms. The quantitative estimate of drug-likeness (QED) is 0.905. The van der Waals surface area contributed by atoms with E-state index in [2.05, 4.69) is 10.4 Å². The molecule has 2 heterocycles. The topological polar surface area (TPSA) is 56.2 Å². The third kappa shape index (κ3) is 2.29. The third-order valence-corrected chi connectivity index (χ3v) is 3.70. The molecule has 1 atom stereocenters. The average molecular weight is 271 g/mol. The number of fused-ring (bicyclic) bond motifs is 1. The van der Waals surface area contributed by atoms with Gasteiger partial charge in [-0.25, -0.2) is 13.5 Å². The van der Waals surface area contributed by atoms with Gasteiger partial charge in [0, 0.05) is 24.9 Å². The van der Waals surface area contributed by atoms with Crippen molar-refractivity contribution in [1.29, 1.82) is 0 Å². The predicted octanol–water partition coefficient (Wildman–Crippen LogP) is 1.44. The summed E-state index contributed by atoms with van der Waals surface area (Å²) in [4.78, 5) is 11.8. The lowest BCUT2D eigenvalue weighted by Gasteiger charge is -2.18. The highest BCUT2D eigenvalue weighted by Crippen LogP contribution is 2.39. The first-order valence-electron chi connectivity index (χ1n) is 6.43. The number of rotatable bonds is 3. The van der Waals surface area contributed by atoms with Crippen LogP contribution in [-0.2, 0) is 6.54 Å². The molecule has 5 nitrogen and oxygen atoms in total. The van der Waals surface area contributed by atoms with Gasteiger partial charge in [0.1, 0.15) is 6.61 Å². The fourth-order valence-electron chi connectivity index (χ4n) is 2.58. The molecular weight excluding hydrogens is 256 g/mol. The molecule has 0 spiro atoms. The Hall–Kier alpha value is -1.66. The number of hydrogen-bond donors (Lipinski definition) is 1. The molecule has 1 aliphatic carbocycles. The Kier molecular flexibility index (Phi) is 2.91. The van der Waals surface area contributed by atoms with Crippen molar-refractivity contribution < 1.29 is 18.3 Å². The summed E-state index contributed by atoms with van der Waals surface area (Å²) in [7, 11) is 0. The molecule has 3 rings (SSSR count). The summed E-state index contributed by atoms with van der Waals surface area (Å²) >= 11 is 0. The van der Waals surface area contributed by atoms with Crippen LogP contribution < -0.4 is 10.1 Å². The number of hydrogen-bond acceptors (Lipinski definition) is 3. The lowest BCUT2D eigenvalue weighted by Crippen LogP contribution is -2.35. The van der Waals surface area contributed by atoms with Crippen molar-refractivity contribution in [3.8, 4) is 5.88 Å². The van der Waals surface area contributed by atoms with E-state index in [1.807, 2.05) is 0 Å². The van der Waals surface area contributed by atoms with E-state index >= 15 is 0 Å². The van der Waals surface area contributed by atoms with Crippen molar-refractivity contribution in [2.45, 2.75) is 31.7 Å². The van der Waals surface area contributed by atoms with Crippen LogP contribution in [0.3, 0.4) is 0 Å². The Balaban J connectivity index is 1.59. The van der Waals surface area contributed by atoms with Gasteiger partial charge in [-0.3, -0.25) is 4.79 Å². The minimum atomic E-state index is -2.66. The molecule has 2 aliphatic rings. The van der Waals surface area contributed by atoms with Gasteiger partial charge in [-0.15, -0.1) is 0 Å². The number of ether oxygens (including phenoxy) is 1. The van der Waals surface area contributed by atoms with Crippen molar-refractivity contribution in [1.82, 2.24) is 15.1 Å². The largest absolute Gasteiger partial charge is 0.476 e. The van der Waals surface area contributed by atoms with E-state index in [-0.39, 0.29) is 18.7 Å². The van der Waals surface area contributed by atoms with E-state index in [9.17, 15) is 13.6 Å². The number of halogens is 2. The van der Waals surface area contributed by atoms with Crippen molar-refractivity contribution in [2.75, 3.05) is 13.2 Å². The Labute approximate surface area is 108 Å². The van der Waals surface area contributed by atoms with Crippen molar-refractivity contribution in [2.24, 2.45) is 5.92 Å². The second-order valence-corrected chi connectivity index (χ2v) is 5.00. The van der Waals surface area contributed by atoms with Crippen molar-refractivity contribution >= 4 is 5.91 Å². The second-order valence-electron chi connectivity index (χ2n) is 5.00. The van der Waals surface area contributed by atoms with Gasteiger partial charge < -0.3 is 10.1 Å². The molecule has 0 bridgehead atoms. The average Bonchev–Trinajstić information content (AvgIpc) is 2.99. The van der Waals surface area contributed by atoms with Crippen LogP contribution in [-0.4, -0.2) is 34.8 Å². The van der Waals surface area contributed by atoms with Gasteiger partial charge in [-0.2, -0.15) is 5.10 Å². The van der Waals surface area contributed by atoms with Crippen LogP contribution in [0, 0.1) is 5.92 Å². The fraction of sp³-hybridized carbons (Fsp3) is 0.667. The van der Waals surface area contributed by atoms with Gasteiger partial charge >= 0.3 is 0 Å². The maximum Gasteiger partial charge on any atom is 0.271 e. The molecule has 1 aliphatic heterocycles. The maximum absolute atomic E-state index is 13.4. The number of amides is 1. The second kappa shape index (κ2) is 4.47. The molecule has 104 valence electrons. The highest BCUT2D eigenvalue weighted by atomic mass is 19.3. The number of alkyl halides is 2. The molecule has 1 saturated carbocycles. The highest BCUT2D eigenvalue weighted by Gasteiger charge is 2.43. The molecule has 1 amide bonds. The Morgan fingerprint density at radius 2 is 2.47 bits per heavy atom. The first-order valence-corrected chi connectivity index (χ1v) is 6.43. The molecular formula is C12H15F2N3O2. The van der Waals surface area contributed by atoms with Crippen molar-refractivity contribution in [3.63, 3.8) is 0 Å². The Morgan fingerprint density at radius 1 is 1.63 bits per heavy atom. The minimum absolute atomic E-state index is 0.00508. The summed E-state index contributed by atoms with van der Waals surface area (Å²) in [5.41, 5.74) is 0.219.